The molecule has 2 heterocycles. The van der Waals surface area contributed by atoms with Crippen LogP contribution >= 0.6 is 0 Å². The van der Waals surface area contributed by atoms with Gasteiger partial charge in [0.2, 0.25) is 0 Å². The fraction of sp³-hybridized carbons (Fsp3) is 0.0909. The number of hydrogen-bond acceptors (Lipinski definition) is 2. The summed E-state index contributed by atoms with van der Waals surface area (Å²) in [5.41, 5.74) is 2.41. The van der Waals surface area contributed by atoms with Crippen molar-refractivity contribution in [3.8, 4) is 5.69 Å². The van der Waals surface area contributed by atoms with Gasteiger partial charge in [0, 0.05) is 18.1 Å². The van der Waals surface area contributed by atoms with Crippen molar-refractivity contribution in [1.82, 2.24) is 19.5 Å². The lowest BCUT2D eigenvalue weighted by molar-refractivity contribution is 0.976. The maximum absolute atomic E-state index is 11.1. The first kappa shape index (κ1) is 8.96. The number of aryl methyl sites for hydroxylation is 1. The average Bonchev–Trinajstić information content (AvgIpc) is 2.81. The Morgan fingerprint density at radius 3 is 2.81 bits per heavy atom. The standard InChI is InChI=1S/C11H10N4O/c1-7-12-4-5-15(7)8-2-3-9-10(6-8)14-11(16)13-9/h2-6H,1H3,(H2,13,14,16). The highest BCUT2D eigenvalue weighted by Crippen LogP contribution is 2.15. The van der Waals surface area contributed by atoms with Crippen LogP contribution in [0.3, 0.4) is 0 Å². The molecule has 0 aliphatic heterocycles. The Morgan fingerprint density at radius 2 is 2.06 bits per heavy atom. The van der Waals surface area contributed by atoms with Crippen molar-refractivity contribution in [1.29, 1.82) is 0 Å². The minimum Gasteiger partial charge on any atom is -0.306 e. The van der Waals surface area contributed by atoms with E-state index in [1.54, 1.807) is 6.20 Å². The van der Waals surface area contributed by atoms with E-state index in [4.69, 9.17) is 0 Å². The summed E-state index contributed by atoms with van der Waals surface area (Å²) >= 11 is 0. The molecule has 3 rings (SSSR count). The van der Waals surface area contributed by atoms with Crippen molar-refractivity contribution < 1.29 is 0 Å². The van der Waals surface area contributed by atoms with Gasteiger partial charge in [-0.3, -0.25) is 0 Å². The highest BCUT2D eigenvalue weighted by molar-refractivity contribution is 5.76. The third-order valence-electron chi connectivity index (χ3n) is 2.60. The van der Waals surface area contributed by atoms with Gasteiger partial charge in [-0.2, -0.15) is 0 Å². The van der Waals surface area contributed by atoms with Gasteiger partial charge in [0.1, 0.15) is 5.82 Å². The van der Waals surface area contributed by atoms with E-state index >= 15 is 0 Å². The first-order valence-corrected chi connectivity index (χ1v) is 4.96. The van der Waals surface area contributed by atoms with Crippen LogP contribution in [0.2, 0.25) is 0 Å². The molecule has 2 aromatic heterocycles. The number of imidazole rings is 2. The number of benzene rings is 1. The lowest BCUT2D eigenvalue weighted by Gasteiger charge is -2.04. The van der Waals surface area contributed by atoms with Crippen LogP contribution in [0.1, 0.15) is 5.82 Å². The van der Waals surface area contributed by atoms with Crippen LogP contribution in [-0.4, -0.2) is 19.5 Å². The second kappa shape index (κ2) is 3.10. The number of nitrogens with one attached hydrogen (secondary N) is 2. The Bertz CT molecular complexity index is 704. The highest BCUT2D eigenvalue weighted by Gasteiger charge is 2.03. The Hall–Kier alpha value is -2.30. The van der Waals surface area contributed by atoms with Crippen LogP contribution in [0, 0.1) is 6.92 Å². The van der Waals surface area contributed by atoms with Crippen LogP contribution in [0.5, 0.6) is 0 Å². The summed E-state index contributed by atoms with van der Waals surface area (Å²) < 4.78 is 1.96. The second-order valence-electron chi connectivity index (χ2n) is 3.65. The third-order valence-corrected chi connectivity index (χ3v) is 2.60. The summed E-state index contributed by atoms with van der Waals surface area (Å²) in [6.07, 6.45) is 3.64. The lowest BCUT2D eigenvalue weighted by atomic mass is 10.2. The molecule has 0 fully saturated rings. The molecule has 0 radical (unpaired) electrons. The number of nitrogens with zero attached hydrogens (tertiary/aromatic N) is 2. The molecule has 0 unspecified atom stereocenters. The van der Waals surface area contributed by atoms with Crippen molar-refractivity contribution >= 4 is 11.0 Å². The number of aromatic nitrogens is 4. The fourth-order valence-corrected chi connectivity index (χ4v) is 1.82. The van der Waals surface area contributed by atoms with Crippen molar-refractivity contribution in [2.24, 2.45) is 0 Å². The molecule has 0 saturated heterocycles. The monoisotopic (exact) mass is 214 g/mol. The van der Waals surface area contributed by atoms with Crippen molar-refractivity contribution in [2.75, 3.05) is 0 Å². The van der Waals surface area contributed by atoms with Crippen molar-refractivity contribution in [3.63, 3.8) is 0 Å². The van der Waals surface area contributed by atoms with Crippen LogP contribution < -0.4 is 5.69 Å². The molecule has 2 N–H and O–H groups in total. The highest BCUT2D eigenvalue weighted by atomic mass is 16.1. The molecular weight excluding hydrogens is 204 g/mol. The lowest BCUT2D eigenvalue weighted by Crippen LogP contribution is -1.99. The third kappa shape index (κ3) is 1.25. The van der Waals surface area contributed by atoms with Gasteiger partial charge in [-0.1, -0.05) is 0 Å². The molecule has 0 atom stereocenters. The summed E-state index contributed by atoms with van der Waals surface area (Å²) in [5.74, 6) is 0.914. The molecule has 0 amide bonds. The van der Waals surface area contributed by atoms with E-state index in [0.29, 0.717) is 0 Å². The molecular formula is C11H10N4O. The van der Waals surface area contributed by atoms with Gasteiger partial charge in [-0.15, -0.1) is 0 Å². The van der Waals surface area contributed by atoms with E-state index in [0.717, 1.165) is 22.5 Å². The van der Waals surface area contributed by atoms with Gasteiger partial charge in [0.15, 0.2) is 0 Å². The number of H-pyrrole nitrogens is 2. The molecule has 0 spiro atoms. The normalized spacial score (nSPS) is 11.1. The Labute approximate surface area is 90.8 Å². The summed E-state index contributed by atoms with van der Waals surface area (Å²) in [6, 6.07) is 5.74. The summed E-state index contributed by atoms with van der Waals surface area (Å²) in [4.78, 5) is 20.7. The number of rotatable bonds is 1. The SMILES string of the molecule is Cc1nccn1-c1ccc2[nH]c(=O)[nH]c2c1. The van der Waals surface area contributed by atoms with E-state index in [9.17, 15) is 4.79 Å². The fourth-order valence-electron chi connectivity index (χ4n) is 1.82. The number of aromatic amines is 2. The summed E-state index contributed by atoms with van der Waals surface area (Å²) in [7, 11) is 0. The van der Waals surface area contributed by atoms with Gasteiger partial charge < -0.3 is 14.5 Å². The predicted molar refractivity (Wildman–Crippen MR) is 60.8 cm³/mol. The zero-order valence-corrected chi connectivity index (χ0v) is 8.69. The molecule has 5 heteroatoms. The summed E-state index contributed by atoms with van der Waals surface area (Å²) in [5, 5.41) is 0. The van der Waals surface area contributed by atoms with Gasteiger partial charge in [0.05, 0.1) is 11.0 Å². The van der Waals surface area contributed by atoms with E-state index in [1.165, 1.54) is 0 Å². The Morgan fingerprint density at radius 1 is 1.25 bits per heavy atom. The van der Waals surface area contributed by atoms with Crippen LogP contribution in [-0.2, 0) is 0 Å². The van der Waals surface area contributed by atoms with E-state index in [1.807, 2.05) is 35.9 Å². The smallest absolute Gasteiger partial charge is 0.306 e. The molecule has 0 bridgehead atoms. The van der Waals surface area contributed by atoms with Gasteiger partial charge >= 0.3 is 5.69 Å². The molecule has 0 saturated carbocycles. The largest absolute Gasteiger partial charge is 0.323 e. The van der Waals surface area contributed by atoms with Crippen molar-refractivity contribution in [3.05, 3.63) is 46.9 Å². The molecule has 16 heavy (non-hydrogen) atoms. The van der Waals surface area contributed by atoms with Gasteiger partial charge in [0.25, 0.3) is 0 Å². The Balaban J connectivity index is 2.26. The first-order chi connectivity index (χ1) is 7.74. The van der Waals surface area contributed by atoms with Crippen LogP contribution in [0.4, 0.5) is 0 Å². The predicted octanol–water partition coefficient (Wildman–Crippen LogP) is 1.35. The van der Waals surface area contributed by atoms with Crippen LogP contribution in [0.25, 0.3) is 16.7 Å². The average molecular weight is 214 g/mol. The summed E-state index contributed by atoms with van der Waals surface area (Å²) in [6.45, 7) is 1.93. The molecule has 3 aromatic rings. The zero-order chi connectivity index (χ0) is 11.1. The minimum atomic E-state index is -0.186. The molecule has 0 aliphatic carbocycles. The van der Waals surface area contributed by atoms with E-state index in [-0.39, 0.29) is 5.69 Å². The van der Waals surface area contributed by atoms with E-state index in [2.05, 4.69) is 15.0 Å². The first-order valence-electron chi connectivity index (χ1n) is 4.96. The molecule has 0 aliphatic rings. The molecule has 80 valence electrons. The maximum atomic E-state index is 11.1. The topological polar surface area (TPSA) is 66.5 Å². The molecule has 5 nitrogen and oxygen atoms in total. The van der Waals surface area contributed by atoms with E-state index < -0.39 is 0 Å². The Kier molecular flexibility index (Phi) is 1.73. The second-order valence-corrected chi connectivity index (χ2v) is 3.65. The number of hydrogen-bond donors (Lipinski definition) is 2. The van der Waals surface area contributed by atoms with Gasteiger partial charge in [-0.25, -0.2) is 9.78 Å². The van der Waals surface area contributed by atoms with Gasteiger partial charge in [-0.05, 0) is 25.1 Å². The quantitative estimate of drug-likeness (QED) is 0.642. The minimum absolute atomic E-state index is 0.186. The van der Waals surface area contributed by atoms with Crippen LogP contribution in [0.15, 0.2) is 35.4 Å². The zero-order valence-electron chi connectivity index (χ0n) is 8.69. The van der Waals surface area contributed by atoms with Crippen molar-refractivity contribution in [2.45, 2.75) is 6.92 Å². The molecule has 1 aromatic carbocycles. The maximum Gasteiger partial charge on any atom is 0.323 e. The number of fused-ring (bicyclic) bond motifs is 1.